The minimum Gasteiger partial charge on any atom is -0.408 e. The van der Waals surface area contributed by atoms with Gasteiger partial charge in [-0.15, -0.1) is 0 Å². The van der Waals surface area contributed by atoms with Crippen LogP contribution in [0, 0.1) is 34.5 Å². The standard InChI is InChI=1S/C22H38O2Si/c1-21-12-7-6-8-15(21)9-10-16-17(21)11-13-22(2)18(16)14-19(20(22)23)24-25(3,4)5/h15-19H,6-14H2,1-5H3/t15-,16-,17+,18+,19+,21+,22+/m1/s1. The Labute approximate surface area is 155 Å². The fourth-order valence-corrected chi connectivity index (χ4v) is 8.65. The average molecular weight is 363 g/mol. The summed E-state index contributed by atoms with van der Waals surface area (Å²) in [6.45, 7) is 11.6. The summed E-state index contributed by atoms with van der Waals surface area (Å²) in [6, 6.07) is 0. The maximum absolute atomic E-state index is 13.3. The zero-order chi connectivity index (χ0) is 18.0. The number of carbonyl (C=O) groups is 1. The highest BCUT2D eigenvalue weighted by Crippen LogP contribution is 2.65. The van der Waals surface area contributed by atoms with Crippen molar-refractivity contribution >= 4 is 14.1 Å². The molecule has 0 spiro atoms. The first-order valence-electron chi connectivity index (χ1n) is 10.9. The van der Waals surface area contributed by atoms with Gasteiger partial charge in [0.25, 0.3) is 0 Å². The molecule has 0 unspecified atom stereocenters. The van der Waals surface area contributed by atoms with Crippen molar-refractivity contribution in [1.82, 2.24) is 0 Å². The molecule has 2 nitrogen and oxygen atoms in total. The van der Waals surface area contributed by atoms with Gasteiger partial charge in [0.15, 0.2) is 14.1 Å². The Morgan fingerprint density at radius 2 is 1.72 bits per heavy atom. The summed E-state index contributed by atoms with van der Waals surface area (Å²) >= 11 is 0. The fraction of sp³-hybridized carbons (Fsp3) is 0.955. The Bertz CT molecular complexity index is 553. The third kappa shape index (κ3) is 2.79. The predicted molar refractivity (Wildman–Crippen MR) is 105 cm³/mol. The largest absolute Gasteiger partial charge is 0.408 e. The molecule has 0 aromatic carbocycles. The number of carbonyl (C=O) groups excluding carboxylic acids is 1. The second-order valence-corrected chi connectivity index (χ2v) is 15.6. The van der Waals surface area contributed by atoms with E-state index in [0.717, 1.165) is 30.6 Å². The van der Waals surface area contributed by atoms with Gasteiger partial charge in [-0.05, 0) is 93.7 Å². The molecule has 0 radical (unpaired) electrons. The number of fused-ring (bicyclic) bond motifs is 5. The molecule has 0 saturated heterocycles. The number of Topliss-reactive ketones (excluding diaryl/α,β-unsaturated/α-hetero) is 1. The van der Waals surface area contributed by atoms with E-state index in [0.29, 0.717) is 17.1 Å². The minimum atomic E-state index is -1.67. The van der Waals surface area contributed by atoms with Gasteiger partial charge in [0.05, 0.1) is 0 Å². The lowest BCUT2D eigenvalue weighted by Crippen LogP contribution is -2.52. The smallest absolute Gasteiger partial charge is 0.184 e. The molecular formula is C22H38O2Si. The van der Waals surface area contributed by atoms with Crippen molar-refractivity contribution in [2.45, 2.75) is 97.4 Å². The lowest BCUT2D eigenvalue weighted by Gasteiger charge is -2.59. The average Bonchev–Trinajstić information content (AvgIpc) is 2.77. The Balaban J connectivity index is 1.60. The van der Waals surface area contributed by atoms with Gasteiger partial charge >= 0.3 is 0 Å². The van der Waals surface area contributed by atoms with Crippen LogP contribution < -0.4 is 0 Å². The van der Waals surface area contributed by atoms with E-state index in [1.807, 2.05) is 0 Å². The molecule has 0 aromatic heterocycles. The van der Waals surface area contributed by atoms with Gasteiger partial charge in [-0.2, -0.15) is 0 Å². The summed E-state index contributed by atoms with van der Waals surface area (Å²) in [5, 5.41) is 0. The SMILES string of the molecule is C[C@]12CCCC[C@@H]1CC[C@@H]1[C@@H]2CC[C@]2(C)C(=O)[C@@H](O[Si](C)(C)C)C[C@@H]12. The Hall–Kier alpha value is -0.153. The van der Waals surface area contributed by atoms with E-state index in [2.05, 4.69) is 33.5 Å². The first-order valence-corrected chi connectivity index (χ1v) is 14.3. The van der Waals surface area contributed by atoms with Crippen LogP contribution in [0.15, 0.2) is 0 Å². The Morgan fingerprint density at radius 1 is 0.960 bits per heavy atom. The van der Waals surface area contributed by atoms with Crippen LogP contribution in [0.2, 0.25) is 19.6 Å². The molecule has 3 heteroatoms. The van der Waals surface area contributed by atoms with Crippen molar-refractivity contribution < 1.29 is 9.22 Å². The molecule has 7 atom stereocenters. The van der Waals surface area contributed by atoms with Crippen molar-refractivity contribution in [1.29, 1.82) is 0 Å². The van der Waals surface area contributed by atoms with E-state index < -0.39 is 8.32 Å². The minimum absolute atomic E-state index is 0.0939. The molecule has 0 amide bonds. The first kappa shape index (κ1) is 18.2. The third-order valence-electron chi connectivity index (χ3n) is 8.79. The zero-order valence-corrected chi connectivity index (χ0v) is 18.1. The van der Waals surface area contributed by atoms with E-state index in [1.165, 1.54) is 44.9 Å². The van der Waals surface area contributed by atoms with E-state index in [9.17, 15) is 4.79 Å². The lowest BCUT2D eigenvalue weighted by molar-refractivity contribution is -0.141. The van der Waals surface area contributed by atoms with Crippen LogP contribution in [0.3, 0.4) is 0 Å². The van der Waals surface area contributed by atoms with Gasteiger partial charge in [0.1, 0.15) is 6.10 Å². The summed E-state index contributed by atoms with van der Waals surface area (Å²) in [5.74, 6) is 3.63. The molecule has 25 heavy (non-hydrogen) atoms. The number of hydrogen-bond acceptors (Lipinski definition) is 2. The maximum atomic E-state index is 13.3. The summed E-state index contributed by atoms with van der Waals surface area (Å²) in [6.07, 6.45) is 11.9. The Kier molecular flexibility index (Phi) is 4.32. The lowest BCUT2D eigenvalue weighted by atomic mass is 9.45. The monoisotopic (exact) mass is 362 g/mol. The van der Waals surface area contributed by atoms with E-state index in [1.54, 1.807) is 0 Å². The summed E-state index contributed by atoms with van der Waals surface area (Å²) in [4.78, 5) is 13.3. The van der Waals surface area contributed by atoms with Gasteiger partial charge in [-0.1, -0.05) is 26.7 Å². The molecular weight excluding hydrogens is 324 g/mol. The molecule has 4 aliphatic rings. The molecule has 0 N–H and O–H groups in total. The molecule has 4 rings (SSSR count). The highest BCUT2D eigenvalue weighted by molar-refractivity contribution is 6.69. The molecule has 142 valence electrons. The molecule has 0 bridgehead atoms. The second-order valence-electron chi connectivity index (χ2n) is 11.2. The van der Waals surface area contributed by atoms with Crippen LogP contribution >= 0.6 is 0 Å². The van der Waals surface area contributed by atoms with Gasteiger partial charge in [0, 0.05) is 5.41 Å². The highest BCUT2D eigenvalue weighted by atomic mass is 28.4. The quantitative estimate of drug-likeness (QED) is 0.579. The van der Waals surface area contributed by atoms with Crippen LogP contribution in [0.4, 0.5) is 0 Å². The summed E-state index contributed by atoms with van der Waals surface area (Å²) in [5.41, 5.74) is 0.465. The molecule has 0 aromatic rings. The van der Waals surface area contributed by atoms with Gasteiger partial charge in [-0.25, -0.2) is 0 Å². The van der Waals surface area contributed by atoms with Crippen LogP contribution in [-0.2, 0) is 9.22 Å². The second kappa shape index (κ2) is 5.92. The molecule has 0 heterocycles. The van der Waals surface area contributed by atoms with Crippen LogP contribution in [0.5, 0.6) is 0 Å². The van der Waals surface area contributed by atoms with Crippen molar-refractivity contribution in [2.24, 2.45) is 34.5 Å². The molecule has 0 aliphatic heterocycles. The van der Waals surface area contributed by atoms with E-state index in [-0.39, 0.29) is 11.5 Å². The van der Waals surface area contributed by atoms with E-state index >= 15 is 0 Å². The van der Waals surface area contributed by atoms with E-state index in [4.69, 9.17) is 4.43 Å². The maximum Gasteiger partial charge on any atom is 0.184 e. The predicted octanol–water partition coefficient (Wildman–Crippen LogP) is 5.82. The summed E-state index contributed by atoms with van der Waals surface area (Å²) in [7, 11) is -1.67. The number of ketones is 1. The first-order chi connectivity index (χ1) is 11.7. The van der Waals surface area contributed by atoms with Crippen molar-refractivity contribution in [2.75, 3.05) is 0 Å². The van der Waals surface area contributed by atoms with Gasteiger partial charge in [-0.3, -0.25) is 4.79 Å². The fourth-order valence-electron chi connectivity index (χ4n) is 7.59. The Morgan fingerprint density at radius 3 is 2.44 bits per heavy atom. The molecule has 4 saturated carbocycles. The normalized spacial score (nSPS) is 50.1. The number of rotatable bonds is 2. The highest BCUT2D eigenvalue weighted by Gasteiger charge is 2.62. The van der Waals surface area contributed by atoms with Crippen LogP contribution in [0.1, 0.15) is 71.6 Å². The van der Waals surface area contributed by atoms with Crippen LogP contribution in [0.25, 0.3) is 0 Å². The molecule has 4 aliphatic carbocycles. The topological polar surface area (TPSA) is 26.3 Å². The summed E-state index contributed by atoms with van der Waals surface area (Å²) < 4.78 is 6.37. The van der Waals surface area contributed by atoms with Gasteiger partial charge in [0.2, 0.25) is 0 Å². The van der Waals surface area contributed by atoms with Gasteiger partial charge < -0.3 is 4.43 Å². The van der Waals surface area contributed by atoms with Crippen molar-refractivity contribution in [3.05, 3.63) is 0 Å². The zero-order valence-electron chi connectivity index (χ0n) is 17.1. The third-order valence-corrected chi connectivity index (χ3v) is 9.78. The van der Waals surface area contributed by atoms with Crippen molar-refractivity contribution in [3.63, 3.8) is 0 Å². The van der Waals surface area contributed by atoms with Crippen molar-refractivity contribution in [3.8, 4) is 0 Å². The number of hydrogen-bond donors (Lipinski definition) is 0. The molecule has 4 fully saturated rings. The van der Waals surface area contributed by atoms with Crippen LogP contribution in [-0.4, -0.2) is 20.2 Å².